The molecular formula is C12H8N2O3S. The molecule has 0 saturated carbocycles. The highest BCUT2D eigenvalue weighted by molar-refractivity contribution is 7.09. The summed E-state index contributed by atoms with van der Waals surface area (Å²) >= 11 is 1.55. The van der Waals surface area contributed by atoms with Crippen LogP contribution in [0.2, 0.25) is 0 Å². The molecule has 5 nitrogen and oxygen atoms in total. The first-order valence-corrected chi connectivity index (χ1v) is 5.92. The summed E-state index contributed by atoms with van der Waals surface area (Å²) < 4.78 is 5.44. The van der Waals surface area contributed by atoms with Crippen molar-refractivity contribution in [3.63, 3.8) is 0 Å². The highest BCUT2D eigenvalue weighted by Crippen LogP contribution is 2.25. The van der Waals surface area contributed by atoms with Crippen molar-refractivity contribution in [2.45, 2.75) is 6.61 Å². The Morgan fingerprint density at radius 1 is 1.44 bits per heavy atom. The molecule has 1 aromatic carbocycles. The molecule has 0 atom stereocenters. The van der Waals surface area contributed by atoms with Crippen molar-refractivity contribution in [1.82, 2.24) is 0 Å². The lowest BCUT2D eigenvalue weighted by molar-refractivity contribution is -0.385. The zero-order valence-corrected chi connectivity index (χ0v) is 10.0. The molecule has 0 aliphatic carbocycles. The third kappa shape index (κ3) is 2.64. The van der Waals surface area contributed by atoms with E-state index >= 15 is 0 Å². The molecular weight excluding hydrogens is 252 g/mol. The van der Waals surface area contributed by atoms with E-state index in [2.05, 4.69) is 0 Å². The number of nitro groups is 1. The first kappa shape index (κ1) is 12.1. The van der Waals surface area contributed by atoms with Crippen LogP contribution >= 0.6 is 11.3 Å². The molecule has 6 heteroatoms. The molecule has 18 heavy (non-hydrogen) atoms. The SMILES string of the molecule is N#Cc1ccc(OCc2cccs2)cc1[N+](=O)[O-]. The molecule has 1 heterocycles. The van der Waals surface area contributed by atoms with Crippen molar-refractivity contribution >= 4 is 17.0 Å². The zero-order chi connectivity index (χ0) is 13.0. The van der Waals surface area contributed by atoms with Gasteiger partial charge in [0.25, 0.3) is 5.69 Å². The fraction of sp³-hybridized carbons (Fsp3) is 0.0833. The Labute approximate surface area is 107 Å². The van der Waals surface area contributed by atoms with E-state index in [1.54, 1.807) is 23.5 Å². The Kier molecular flexibility index (Phi) is 3.55. The predicted octanol–water partition coefficient (Wildman–Crippen LogP) is 3.11. The van der Waals surface area contributed by atoms with Gasteiger partial charge >= 0.3 is 0 Å². The van der Waals surface area contributed by atoms with Crippen molar-refractivity contribution in [3.8, 4) is 11.8 Å². The van der Waals surface area contributed by atoms with Crippen LogP contribution in [0.25, 0.3) is 0 Å². The summed E-state index contributed by atoms with van der Waals surface area (Å²) in [6.45, 7) is 0.362. The van der Waals surface area contributed by atoms with Gasteiger partial charge in [0, 0.05) is 4.88 Å². The van der Waals surface area contributed by atoms with E-state index in [0.29, 0.717) is 12.4 Å². The van der Waals surface area contributed by atoms with Crippen LogP contribution in [0.15, 0.2) is 35.7 Å². The van der Waals surface area contributed by atoms with Gasteiger partial charge < -0.3 is 4.74 Å². The van der Waals surface area contributed by atoms with Crippen molar-refractivity contribution in [2.75, 3.05) is 0 Å². The molecule has 1 aromatic heterocycles. The second-order valence-electron chi connectivity index (χ2n) is 3.42. The van der Waals surface area contributed by atoms with E-state index in [1.807, 2.05) is 17.5 Å². The van der Waals surface area contributed by atoms with Crippen LogP contribution in [0.5, 0.6) is 5.75 Å². The normalized spacial score (nSPS) is 9.72. The molecule has 0 aliphatic heterocycles. The van der Waals surface area contributed by atoms with Gasteiger partial charge in [-0.1, -0.05) is 6.07 Å². The monoisotopic (exact) mass is 260 g/mol. The average molecular weight is 260 g/mol. The predicted molar refractivity (Wildman–Crippen MR) is 66.5 cm³/mol. The molecule has 0 spiro atoms. The summed E-state index contributed by atoms with van der Waals surface area (Å²) in [6.07, 6.45) is 0. The standard InChI is InChI=1S/C12H8N2O3S/c13-7-9-3-4-10(6-12(9)14(15)16)17-8-11-2-1-5-18-11/h1-6H,8H2. The lowest BCUT2D eigenvalue weighted by Crippen LogP contribution is -1.96. The molecule has 0 saturated heterocycles. The summed E-state index contributed by atoms with van der Waals surface area (Å²) in [5.74, 6) is 0.383. The maximum absolute atomic E-state index is 10.8. The Balaban J connectivity index is 2.17. The van der Waals surface area contributed by atoms with E-state index in [-0.39, 0.29) is 11.3 Å². The summed E-state index contributed by atoms with van der Waals surface area (Å²) in [7, 11) is 0. The number of ether oxygens (including phenoxy) is 1. The van der Waals surface area contributed by atoms with Crippen LogP contribution < -0.4 is 4.74 Å². The Morgan fingerprint density at radius 3 is 2.89 bits per heavy atom. The highest BCUT2D eigenvalue weighted by atomic mass is 32.1. The van der Waals surface area contributed by atoms with Gasteiger partial charge in [-0.2, -0.15) is 5.26 Å². The Bertz CT molecular complexity index is 602. The van der Waals surface area contributed by atoms with E-state index in [1.165, 1.54) is 12.1 Å². The van der Waals surface area contributed by atoms with Gasteiger partial charge in [-0.05, 0) is 23.6 Å². The molecule has 0 N–H and O–H groups in total. The average Bonchev–Trinajstić information content (AvgIpc) is 2.89. The number of rotatable bonds is 4. The lowest BCUT2D eigenvalue weighted by atomic mass is 10.2. The Hall–Kier alpha value is -2.39. The number of benzene rings is 1. The first-order valence-electron chi connectivity index (χ1n) is 5.04. The molecule has 0 amide bonds. The number of hydrogen-bond acceptors (Lipinski definition) is 5. The topological polar surface area (TPSA) is 76.2 Å². The smallest absolute Gasteiger partial charge is 0.290 e. The molecule has 2 aromatic rings. The number of nitriles is 1. The van der Waals surface area contributed by atoms with Crippen molar-refractivity contribution in [1.29, 1.82) is 5.26 Å². The molecule has 0 bridgehead atoms. The third-order valence-corrected chi connectivity index (χ3v) is 3.10. The van der Waals surface area contributed by atoms with Crippen molar-refractivity contribution < 1.29 is 9.66 Å². The maximum atomic E-state index is 10.8. The van der Waals surface area contributed by atoms with Gasteiger partial charge in [-0.15, -0.1) is 11.3 Å². The van der Waals surface area contributed by atoms with Crippen LogP contribution in [-0.4, -0.2) is 4.92 Å². The molecule has 0 fully saturated rings. The minimum atomic E-state index is -0.587. The second kappa shape index (κ2) is 5.29. The summed E-state index contributed by atoms with van der Waals surface area (Å²) in [6, 6.07) is 9.82. The third-order valence-electron chi connectivity index (χ3n) is 2.25. The van der Waals surface area contributed by atoms with Crippen LogP contribution in [0.4, 0.5) is 5.69 Å². The largest absolute Gasteiger partial charge is 0.488 e. The quantitative estimate of drug-likeness (QED) is 0.625. The second-order valence-corrected chi connectivity index (χ2v) is 4.45. The van der Waals surface area contributed by atoms with Gasteiger partial charge in [0.15, 0.2) is 0 Å². The first-order chi connectivity index (χ1) is 8.70. The van der Waals surface area contributed by atoms with E-state index in [9.17, 15) is 10.1 Å². The maximum Gasteiger partial charge on any atom is 0.290 e. The van der Waals surface area contributed by atoms with Gasteiger partial charge in [-0.25, -0.2) is 0 Å². The number of nitrogens with zero attached hydrogens (tertiary/aromatic N) is 2. The number of hydrogen-bond donors (Lipinski definition) is 0. The molecule has 90 valence electrons. The number of nitro benzene ring substituents is 1. The zero-order valence-electron chi connectivity index (χ0n) is 9.20. The van der Waals surface area contributed by atoms with Crippen LogP contribution in [0, 0.1) is 21.4 Å². The minimum absolute atomic E-state index is 0.0310. The van der Waals surface area contributed by atoms with Crippen LogP contribution in [0.3, 0.4) is 0 Å². The number of thiophene rings is 1. The fourth-order valence-corrected chi connectivity index (χ4v) is 2.01. The van der Waals surface area contributed by atoms with Crippen molar-refractivity contribution in [3.05, 3.63) is 56.3 Å². The Morgan fingerprint density at radius 2 is 2.28 bits per heavy atom. The van der Waals surface area contributed by atoms with E-state index < -0.39 is 4.92 Å². The molecule has 0 radical (unpaired) electrons. The summed E-state index contributed by atoms with van der Waals surface area (Å²) in [4.78, 5) is 11.2. The van der Waals surface area contributed by atoms with Gasteiger partial charge in [-0.3, -0.25) is 10.1 Å². The minimum Gasteiger partial charge on any atom is -0.488 e. The lowest BCUT2D eigenvalue weighted by Gasteiger charge is -2.04. The van der Waals surface area contributed by atoms with Gasteiger partial charge in [0.2, 0.25) is 0 Å². The van der Waals surface area contributed by atoms with Crippen LogP contribution in [-0.2, 0) is 6.61 Å². The van der Waals surface area contributed by atoms with Crippen LogP contribution in [0.1, 0.15) is 10.4 Å². The molecule has 0 aliphatic rings. The van der Waals surface area contributed by atoms with Gasteiger partial charge in [0.05, 0.1) is 11.0 Å². The summed E-state index contributed by atoms with van der Waals surface area (Å²) in [5.41, 5.74) is -0.204. The highest BCUT2D eigenvalue weighted by Gasteiger charge is 2.14. The molecule has 0 unspecified atom stereocenters. The van der Waals surface area contributed by atoms with Gasteiger partial charge in [0.1, 0.15) is 24.0 Å². The summed E-state index contributed by atoms with van der Waals surface area (Å²) in [5, 5.41) is 21.4. The van der Waals surface area contributed by atoms with E-state index in [0.717, 1.165) is 4.88 Å². The van der Waals surface area contributed by atoms with E-state index in [4.69, 9.17) is 10.00 Å². The molecule has 2 rings (SSSR count). The fourth-order valence-electron chi connectivity index (χ4n) is 1.40. The van der Waals surface area contributed by atoms with Crippen molar-refractivity contribution in [2.24, 2.45) is 0 Å².